The number of halogens is 4. The molecule has 34 heavy (non-hydrogen) atoms. The molecule has 2 atom stereocenters. The fourth-order valence-corrected chi connectivity index (χ4v) is 4.43. The summed E-state index contributed by atoms with van der Waals surface area (Å²) in [6.45, 7) is 0.497. The van der Waals surface area contributed by atoms with Crippen molar-refractivity contribution in [2.75, 3.05) is 13.1 Å². The molecule has 1 saturated heterocycles. The van der Waals surface area contributed by atoms with E-state index in [-0.39, 0.29) is 31.4 Å². The molecule has 3 aromatic rings. The van der Waals surface area contributed by atoms with E-state index < -0.39 is 23.6 Å². The topological polar surface area (TPSA) is 49.4 Å². The maximum Gasteiger partial charge on any atom is 0.416 e. The average Bonchev–Trinajstić information content (AvgIpc) is 3.28. The molecule has 0 unspecified atom stereocenters. The molecule has 3 aromatic carbocycles. The largest absolute Gasteiger partial charge is 0.416 e. The predicted octanol–water partition coefficient (Wildman–Crippen LogP) is 5.53. The third-order valence-corrected chi connectivity index (χ3v) is 6.20. The second-order valence-corrected chi connectivity index (χ2v) is 8.70. The van der Waals surface area contributed by atoms with Gasteiger partial charge in [-0.2, -0.15) is 13.2 Å². The Balaban J connectivity index is 1.60. The van der Waals surface area contributed by atoms with Crippen molar-refractivity contribution in [3.8, 4) is 0 Å². The van der Waals surface area contributed by atoms with E-state index in [0.29, 0.717) is 16.1 Å². The molecule has 0 bridgehead atoms. The Bertz CT molecular complexity index is 1180. The number of nitrogens with one attached hydrogen (secondary N) is 1. The van der Waals surface area contributed by atoms with Crippen molar-refractivity contribution < 1.29 is 22.8 Å². The zero-order valence-corrected chi connectivity index (χ0v) is 18.8. The number of likely N-dealkylation sites (tertiary alicyclic amines) is 1. The first-order valence-electron chi connectivity index (χ1n) is 10.8. The van der Waals surface area contributed by atoms with Crippen molar-refractivity contribution in [3.63, 3.8) is 0 Å². The summed E-state index contributed by atoms with van der Waals surface area (Å²) in [5, 5.41) is 3.27. The van der Waals surface area contributed by atoms with Crippen LogP contribution in [0.3, 0.4) is 0 Å². The summed E-state index contributed by atoms with van der Waals surface area (Å²) >= 11 is 6.02. The molecular weight excluding hydrogens is 465 g/mol. The molecule has 1 heterocycles. The van der Waals surface area contributed by atoms with Gasteiger partial charge in [-0.3, -0.25) is 9.59 Å². The number of carbonyl (C=O) groups excluding carboxylic acids is 2. The molecular formula is C26H22ClF3N2O2. The highest BCUT2D eigenvalue weighted by Gasteiger charge is 2.41. The zero-order valence-electron chi connectivity index (χ0n) is 18.1. The van der Waals surface area contributed by atoms with E-state index in [1.807, 2.05) is 30.3 Å². The molecule has 8 heteroatoms. The standard InChI is InChI=1S/C26H22ClF3N2O2/c27-21-11-5-9-19(13-21)25(34)32-15-22(18-8-4-10-20(12-18)26(28,29)30)23(16-32)24(33)31-14-17-6-2-1-3-7-17/h1-13,22-23H,14-16H2,(H,31,33)/t22-,23-/m1/s1. The molecule has 1 aliphatic rings. The zero-order chi connectivity index (χ0) is 24.3. The van der Waals surface area contributed by atoms with Gasteiger partial charge in [-0.1, -0.05) is 66.2 Å². The number of rotatable bonds is 5. The van der Waals surface area contributed by atoms with E-state index in [0.717, 1.165) is 17.7 Å². The van der Waals surface area contributed by atoms with Crippen molar-refractivity contribution in [2.45, 2.75) is 18.6 Å². The predicted molar refractivity (Wildman–Crippen MR) is 123 cm³/mol. The van der Waals surface area contributed by atoms with Gasteiger partial charge in [0.1, 0.15) is 0 Å². The fourth-order valence-electron chi connectivity index (χ4n) is 4.24. The van der Waals surface area contributed by atoms with Crippen molar-refractivity contribution >= 4 is 23.4 Å². The van der Waals surface area contributed by atoms with E-state index >= 15 is 0 Å². The Kier molecular flexibility index (Phi) is 6.93. The van der Waals surface area contributed by atoms with E-state index in [4.69, 9.17) is 11.6 Å². The third kappa shape index (κ3) is 5.42. The summed E-state index contributed by atoms with van der Waals surface area (Å²) in [5.41, 5.74) is 0.848. The van der Waals surface area contributed by atoms with Gasteiger partial charge >= 0.3 is 6.18 Å². The molecule has 1 aliphatic heterocycles. The van der Waals surface area contributed by atoms with E-state index in [1.165, 1.54) is 17.0 Å². The van der Waals surface area contributed by atoms with Gasteiger partial charge in [0.05, 0.1) is 11.5 Å². The Morgan fingerprint density at radius 1 is 0.941 bits per heavy atom. The number of benzene rings is 3. The molecule has 1 N–H and O–H groups in total. The van der Waals surface area contributed by atoms with Crippen LogP contribution < -0.4 is 5.32 Å². The van der Waals surface area contributed by atoms with Crippen LogP contribution in [0.25, 0.3) is 0 Å². The van der Waals surface area contributed by atoms with Gasteiger partial charge in [-0.25, -0.2) is 0 Å². The van der Waals surface area contributed by atoms with Crippen molar-refractivity contribution in [1.29, 1.82) is 0 Å². The SMILES string of the molecule is O=C(NCc1ccccc1)[C@@H]1CN(C(=O)c2cccc(Cl)c2)C[C@@H]1c1cccc(C(F)(F)F)c1. The fraction of sp³-hybridized carbons (Fsp3) is 0.231. The third-order valence-electron chi connectivity index (χ3n) is 5.97. The number of amides is 2. The molecule has 2 amide bonds. The minimum absolute atomic E-state index is 0.0902. The van der Waals surface area contributed by atoms with Crippen LogP contribution in [0, 0.1) is 5.92 Å². The van der Waals surface area contributed by atoms with Crippen LogP contribution in [0.5, 0.6) is 0 Å². The van der Waals surface area contributed by atoms with Crippen LogP contribution in [0.15, 0.2) is 78.9 Å². The Labute approximate surface area is 200 Å². The highest BCUT2D eigenvalue weighted by Crippen LogP contribution is 2.37. The maximum atomic E-state index is 13.3. The first kappa shape index (κ1) is 23.8. The number of hydrogen-bond donors (Lipinski definition) is 1. The lowest BCUT2D eigenvalue weighted by Crippen LogP contribution is -2.35. The van der Waals surface area contributed by atoms with E-state index in [9.17, 15) is 22.8 Å². The number of carbonyl (C=O) groups is 2. The van der Waals surface area contributed by atoms with Crippen LogP contribution in [-0.2, 0) is 17.5 Å². The maximum absolute atomic E-state index is 13.3. The monoisotopic (exact) mass is 486 g/mol. The summed E-state index contributed by atoms with van der Waals surface area (Å²) in [5.74, 6) is -1.91. The van der Waals surface area contributed by atoms with Crippen LogP contribution in [-0.4, -0.2) is 29.8 Å². The lowest BCUT2D eigenvalue weighted by atomic mass is 9.87. The molecule has 1 fully saturated rings. The average molecular weight is 487 g/mol. The number of alkyl halides is 3. The Morgan fingerprint density at radius 2 is 1.68 bits per heavy atom. The van der Waals surface area contributed by atoms with Crippen LogP contribution >= 0.6 is 11.6 Å². The molecule has 4 rings (SSSR count). The van der Waals surface area contributed by atoms with Gasteiger partial charge in [-0.05, 0) is 35.4 Å². The summed E-state index contributed by atoms with van der Waals surface area (Å²) in [4.78, 5) is 27.8. The van der Waals surface area contributed by atoms with Gasteiger partial charge < -0.3 is 10.2 Å². The van der Waals surface area contributed by atoms with Gasteiger partial charge in [0.15, 0.2) is 0 Å². The van der Waals surface area contributed by atoms with Crippen LogP contribution in [0.4, 0.5) is 13.2 Å². The van der Waals surface area contributed by atoms with Crippen molar-refractivity contribution in [1.82, 2.24) is 10.2 Å². The van der Waals surface area contributed by atoms with E-state index in [2.05, 4.69) is 5.32 Å². The van der Waals surface area contributed by atoms with Crippen molar-refractivity contribution in [3.05, 3.63) is 106 Å². The highest BCUT2D eigenvalue weighted by atomic mass is 35.5. The van der Waals surface area contributed by atoms with Gasteiger partial charge in [0.25, 0.3) is 5.91 Å². The summed E-state index contributed by atoms with van der Waals surface area (Å²) in [7, 11) is 0. The lowest BCUT2D eigenvalue weighted by molar-refractivity contribution is -0.137. The van der Waals surface area contributed by atoms with Gasteiger partial charge in [0, 0.05) is 36.1 Å². The van der Waals surface area contributed by atoms with E-state index in [1.54, 1.807) is 24.3 Å². The Morgan fingerprint density at radius 3 is 2.38 bits per heavy atom. The van der Waals surface area contributed by atoms with Gasteiger partial charge in [-0.15, -0.1) is 0 Å². The first-order chi connectivity index (χ1) is 16.2. The normalized spacial score (nSPS) is 18.1. The second kappa shape index (κ2) is 9.89. The summed E-state index contributed by atoms with van der Waals surface area (Å²) < 4.78 is 40.0. The lowest BCUT2D eigenvalue weighted by Gasteiger charge is -2.19. The van der Waals surface area contributed by atoms with Crippen LogP contribution in [0.2, 0.25) is 5.02 Å². The molecule has 0 aromatic heterocycles. The number of hydrogen-bond acceptors (Lipinski definition) is 2. The first-order valence-corrected chi connectivity index (χ1v) is 11.1. The second-order valence-electron chi connectivity index (χ2n) is 8.26. The number of nitrogens with zero attached hydrogens (tertiary/aromatic N) is 1. The molecule has 0 aliphatic carbocycles. The van der Waals surface area contributed by atoms with Crippen molar-refractivity contribution in [2.24, 2.45) is 5.92 Å². The van der Waals surface area contributed by atoms with Crippen LogP contribution in [0.1, 0.15) is 33.0 Å². The molecule has 0 spiro atoms. The summed E-state index contributed by atoms with van der Waals surface area (Å²) in [6.07, 6.45) is -4.50. The van der Waals surface area contributed by atoms with Gasteiger partial charge in [0.2, 0.25) is 5.91 Å². The molecule has 4 nitrogen and oxygen atoms in total. The minimum Gasteiger partial charge on any atom is -0.352 e. The minimum atomic E-state index is -4.50. The molecule has 176 valence electrons. The smallest absolute Gasteiger partial charge is 0.352 e. The quantitative estimate of drug-likeness (QED) is 0.515. The molecule has 0 radical (unpaired) electrons. The highest BCUT2D eigenvalue weighted by molar-refractivity contribution is 6.30. The molecule has 0 saturated carbocycles. The Hall–Kier alpha value is -3.32. The summed E-state index contributed by atoms with van der Waals surface area (Å²) in [6, 6.07) is 20.7.